The van der Waals surface area contributed by atoms with Gasteiger partial charge in [0, 0.05) is 19.3 Å². The van der Waals surface area contributed by atoms with Crippen LogP contribution in [0.5, 0.6) is 0 Å². The highest BCUT2D eigenvalue weighted by atomic mass is 16.6. The van der Waals surface area contributed by atoms with Gasteiger partial charge >= 0.3 is 17.9 Å². The van der Waals surface area contributed by atoms with Crippen LogP contribution < -0.4 is 0 Å². The van der Waals surface area contributed by atoms with Crippen LogP contribution in [0.4, 0.5) is 0 Å². The Kier molecular flexibility index (Phi) is 50.3. The number of hydrogen-bond donors (Lipinski definition) is 0. The van der Waals surface area contributed by atoms with E-state index in [9.17, 15) is 14.4 Å². The summed E-state index contributed by atoms with van der Waals surface area (Å²) in [5.74, 6) is -0.862. The topological polar surface area (TPSA) is 78.9 Å². The minimum absolute atomic E-state index is 0.0694. The SMILES string of the molecule is CC/C=C\C/C=C\C/C=C\CCCCCCCCCCCC(=O)OCC(COC(=O)CCCCCCCCCCC)OC(=O)CCCCCCCCCCCCCCCCCCC. The molecule has 0 spiro atoms. The van der Waals surface area contributed by atoms with Crippen molar-refractivity contribution >= 4 is 17.9 Å². The maximum absolute atomic E-state index is 12.8. The van der Waals surface area contributed by atoms with Gasteiger partial charge in [-0.15, -0.1) is 0 Å². The number of esters is 3. The van der Waals surface area contributed by atoms with Crippen molar-refractivity contribution in [2.45, 2.75) is 297 Å². The van der Waals surface area contributed by atoms with Crippen molar-refractivity contribution in [2.24, 2.45) is 0 Å². The lowest BCUT2D eigenvalue weighted by Gasteiger charge is -2.18. The summed E-state index contributed by atoms with van der Waals surface area (Å²) in [4.78, 5) is 38.0. The molecule has 0 saturated heterocycles. The van der Waals surface area contributed by atoms with Gasteiger partial charge in [0.1, 0.15) is 13.2 Å². The van der Waals surface area contributed by atoms with Gasteiger partial charge in [-0.25, -0.2) is 0 Å². The number of carbonyl (C=O) groups excluding carboxylic acids is 3. The van der Waals surface area contributed by atoms with E-state index in [4.69, 9.17) is 14.2 Å². The Bertz CT molecular complexity index is 1060. The van der Waals surface area contributed by atoms with Crippen LogP contribution in [0.2, 0.25) is 0 Å². The third-order valence-electron chi connectivity index (χ3n) is 12.2. The van der Waals surface area contributed by atoms with Gasteiger partial charge in [0.25, 0.3) is 0 Å². The standard InChI is InChI=1S/C57H104O6/c1-4-7-10-13-16-19-21-23-25-27-28-30-31-33-35-38-41-44-47-50-56(59)62-53-54(52-61-55(58)49-46-43-40-37-18-15-12-9-6-3)63-57(60)51-48-45-42-39-36-34-32-29-26-24-22-20-17-14-11-8-5-2/h7,10,16,19,23,25,54H,4-6,8-9,11-15,17-18,20-22,24,26-53H2,1-3H3/b10-7-,19-16-,25-23-. The first-order chi connectivity index (χ1) is 31.0. The second-order valence-corrected chi connectivity index (χ2v) is 18.5. The zero-order chi connectivity index (χ0) is 45.8. The third kappa shape index (κ3) is 50.5. The monoisotopic (exact) mass is 885 g/mol. The molecule has 0 saturated carbocycles. The number of ether oxygens (including phenoxy) is 3. The normalized spacial score (nSPS) is 12.2. The molecular weight excluding hydrogens is 781 g/mol. The lowest BCUT2D eigenvalue weighted by molar-refractivity contribution is -0.167. The number of allylic oxidation sites excluding steroid dienone is 6. The van der Waals surface area contributed by atoms with E-state index >= 15 is 0 Å². The molecule has 0 aliphatic heterocycles. The Balaban J connectivity index is 4.26. The number of unbranched alkanes of at least 4 members (excludes halogenated alkanes) is 33. The molecule has 0 N–H and O–H groups in total. The number of hydrogen-bond acceptors (Lipinski definition) is 6. The van der Waals surface area contributed by atoms with Crippen molar-refractivity contribution in [1.82, 2.24) is 0 Å². The van der Waals surface area contributed by atoms with E-state index in [0.29, 0.717) is 19.3 Å². The number of rotatable bonds is 50. The molecular formula is C57H104O6. The third-order valence-corrected chi connectivity index (χ3v) is 12.2. The van der Waals surface area contributed by atoms with Crippen LogP contribution in [-0.4, -0.2) is 37.2 Å². The van der Waals surface area contributed by atoms with Crippen molar-refractivity contribution in [3.05, 3.63) is 36.5 Å². The molecule has 0 aromatic heterocycles. The van der Waals surface area contributed by atoms with E-state index in [0.717, 1.165) is 77.0 Å². The fourth-order valence-corrected chi connectivity index (χ4v) is 8.05. The first kappa shape index (κ1) is 60.6. The zero-order valence-electron chi connectivity index (χ0n) is 42.1. The fourth-order valence-electron chi connectivity index (χ4n) is 8.05. The Morgan fingerprint density at radius 3 is 0.968 bits per heavy atom. The van der Waals surface area contributed by atoms with Crippen LogP contribution in [0.3, 0.4) is 0 Å². The summed E-state index contributed by atoms with van der Waals surface area (Å²) < 4.78 is 16.8. The molecule has 6 heteroatoms. The molecule has 1 unspecified atom stereocenters. The molecule has 0 bridgehead atoms. The van der Waals surface area contributed by atoms with Crippen LogP contribution in [0.25, 0.3) is 0 Å². The first-order valence-corrected chi connectivity index (χ1v) is 27.5. The van der Waals surface area contributed by atoms with E-state index in [1.807, 2.05) is 0 Å². The van der Waals surface area contributed by atoms with Crippen LogP contribution in [-0.2, 0) is 28.6 Å². The van der Waals surface area contributed by atoms with E-state index in [1.54, 1.807) is 0 Å². The highest BCUT2D eigenvalue weighted by Gasteiger charge is 2.19. The van der Waals surface area contributed by atoms with Crippen molar-refractivity contribution in [3.63, 3.8) is 0 Å². The Labute approximate surface area is 391 Å². The molecule has 0 heterocycles. The second-order valence-electron chi connectivity index (χ2n) is 18.5. The van der Waals surface area contributed by atoms with Crippen molar-refractivity contribution in [1.29, 1.82) is 0 Å². The van der Waals surface area contributed by atoms with Crippen molar-refractivity contribution in [2.75, 3.05) is 13.2 Å². The van der Waals surface area contributed by atoms with E-state index in [-0.39, 0.29) is 31.1 Å². The lowest BCUT2D eigenvalue weighted by atomic mass is 10.0. The number of carbonyl (C=O) groups is 3. The maximum Gasteiger partial charge on any atom is 0.306 e. The Morgan fingerprint density at radius 1 is 0.333 bits per heavy atom. The van der Waals surface area contributed by atoms with Gasteiger partial charge in [0.2, 0.25) is 0 Å². The van der Waals surface area contributed by atoms with E-state index < -0.39 is 6.10 Å². The van der Waals surface area contributed by atoms with Gasteiger partial charge in [-0.1, -0.05) is 256 Å². The second kappa shape index (κ2) is 52.3. The van der Waals surface area contributed by atoms with Gasteiger partial charge in [-0.2, -0.15) is 0 Å². The predicted octanol–water partition coefficient (Wildman–Crippen LogP) is 18.1. The molecule has 0 amide bonds. The van der Waals surface area contributed by atoms with Crippen molar-refractivity contribution < 1.29 is 28.6 Å². The van der Waals surface area contributed by atoms with Crippen molar-refractivity contribution in [3.8, 4) is 0 Å². The van der Waals surface area contributed by atoms with Gasteiger partial charge in [0.05, 0.1) is 0 Å². The Morgan fingerprint density at radius 2 is 0.619 bits per heavy atom. The van der Waals surface area contributed by atoms with Crippen LogP contribution >= 0.6 is 0 Å². The summed E-state index contributed by atoms with van der Waals surface area (Å²) in [7, 11) is 0. The maximum atomic E-state index is 12.8. The van der Waals surface area contributed by atoms with E-state index in [2.05, 4.69) is 57.2 Å². The minimum atomic E-state index is -0.768. The average Bonchev–Trinajstić information content (AvgIpc) is 3.28. The van der Waals surface area contributed by atoms with Gasteiger partial charge in [0.15, 0.2) is 6.10 Å². The summed E-state index contributed by atoms with van der Waals surface area (Å²) in [6, 6.07) is 0. The smallest absolute Gasteiger partial charge is 0.306 e. The molecule has 0 fully saturated rings. The molecule has 6 nitrogen and oxygen atoms in total. The summed E-state index contributed by atoms with van der Waals surface area (Å²) in [5, 5.41) is 0. The van der Waals surface area contributed by atoms with Crippen LogP contribution in [0.15, 0.2) is 36.5 Å². The highest BCUT2D eigenvalue weighted by Crippen LogP contribution is 2.16. The predicted molar refractivity (Wildman–Crippen MR) is 270 cm³/mol. The van der Waals surface area contributed by atoms with Crippen LogP contribution in [0, 0.1) is 0 Å². The fraction of sp³-hybridized carbons (Fsp3) is 0.842. The molecule has 0 aromatic carbocycles. The largest absolute Gasteiger partial charge is 0.462 e. The van der Waals surface area contributed by atoms with Gasteiger partial charge in [-0.3, -0.25) is 14.4 Å². The molecule has 1 atom stereocenters. The van der Waals surface area contributed by atoms with Crippen LogP contribution in [0.1, 0.15) is 290 Å². The molecule has 0 aliphatic carbocycles. The molecule has 368 valence electrons. The van der Waals surface area contributed by atoms with Gasteiger partial charge in [-0.05, 0) is 51.4 Å². The molecule has 0 aromatic rings. The summed E-state index contributed by atoms with van der Waals surface area (Å²) in [6.07, 6.45) is 61.4. The minimum Gasteiger partial charge on any atom is -0.462 e. The summed E-state index contributed by atoms with van der Waals surface area (Å²) >= 11 is 0. The molecule has 0 rings (SSSR count). The van der Waals surface area contributed by atoms with Gasteiger partial charge < -0.3 is 14.2 Å². The lowest BCUT2D eigenvalue weighted by Crippen LogP contribution is -2.30. The van der Waals surface area contributed by atoms with E-state index in [1.165, 1.54) is 173 Å². The molecule has 63 heavy (non-hydrogen) atoms. The first-order valence-electron chi connectivity index (χ1n) is 27.5. The zero-order valence-corrected chi connectivity index (χ0v) is 42.1. The highest BCUT2D eigenvalue weighted by molar-refractivity contribution is 5.71. The molecule has 0 radical (unpaired) electrons. The average molecular weight is 885 g/mol. The Hall–Kier alpha value is -2.37. The summed E-state index contributed by atoms with van der Waals surface area (Å²) in [5.41, 5.74) is 0. The molecule has 0 aliphatic rings. The summed E-state index contributed by atoms with van der Waals surface area (Å²) in [6.45, 7) is 6.54. The quantitative estimate of drug-likeness (QED) is 0.0262.